The van der Waals surface area contributed by atoms with E-state index in [-0.39, 0.29) is 23.5 Å². The van der Waals surface area contributed by atoms with Gasteiger partial charge in [0.2, 0.25) is 0 Å². The third kappa shape index (κ3) is 1.33. The van der Waals surface area contributed by atoms with Gasteiger partial charge in [0.1, 0.15) is 6.10 Å². The fourth-order valence-electron chi connectivity index (χ4n) is 2.35. The molecule has 1 amide bonds. The Balaban J connectivity index is 2.20. The second-order valence-electron chi connectivity index (χ2n) is 5.11. The number of likely N-dealkylation sites (N-methyl/N-ethyl adjacent to an activating group) is 1. The smallest absolute Gasteiger partial charge is 0.254 e. The molecule has 0 radical (unpaired) electrons. The van der Waals surface area contributed by atoms with Gasteiger partial charge in [0.25, 0.3) is 5.91 Å². The first-order chi connectivity index (χ1) is 6.42. The predicted molar refractivity (Wildman–Crippen MR) is 50.7 cm³/mol. The molecule has 3 atom stereocenters. The number of rotatable bonds is 0. The number of amides is 1. The molecule has 1 N–H and O–H groups in total. The first-order valence-electron chi connectivity index (χ1n) is 4.99. The summed E-state index contributed by atoms with van der Waals surface area (Å²) >= 11 is 0. The molecule has 2 aliphatic heterocycles. The molecule has 80 valence electrons. The summed E-state index contributed by atoms with van der Waals surface area (Å²) in [6.45, 7) is 4.85. The number of fused-ring (bicyclic) bond motifs is 1. The molecular weight excluding hydrogens is 182 g/mol. The van der Waals surface area contributed by atoms with Crippen molar-refractivity contribution in [2.45, 2.75) is 38.5 Å². The van der Waals surface area contributed by atoms with E-state index in [0.29, 0.717) is 6.61 Å². The highest BCUT2D eigenvalue weighted by molar-refractivity contribution is 5.84. The predicted octanol–water partition coefficient (Wildman–Crippen LogP) is 0.00300. The normalized spacial score (nSPS) is 41.3. The number of aliphatic hydroxyl groups is 1. The summed E-state index contributed by atoms with van der Waals surface area (Å²) in [4.78, 5) is 13.1. The summed E-state index contributed by atoms with van der Waals surface area (Å²) < 4.78 is 5.56. The van der Waals surface area contributed by atoms with Crippen molar-refractivity contribution in [2.75, 3.05) is 13.7 Å². The van der Waals surface area contributed by atoms with E-state index in [1.165, 1.54) is 0 Å². The summed E-state index contributed by atoms with van der Waals surface area (Å²) in [5.41, 5.74) is 0.0970. The van der Waals surface area contributed by atoms with Crippen LogP contribution in [0.25, 0.3) is 0 Å². The SMILES string of the molecule is CN1C(=O)[C@@H](O)[C@@H]2OCC(C)(C)C[C@@H]21. The molecule has 2 fully saturated rings. The molecule has 0 saturated carbocycles. The third-order valence-corrected chi connectivity index (χ3v) is 3.22. The maximum Gasteiger partial charge on any atom is 0.254 e. The minimum atomic E-state index is -0.957. The molecule has 0 spiro atoms. The topological polar surface area (TPSA) is 49.8 Å². The fourth-order valence-corrected chi connectivity index (χ4v) is 2.35. The zero-order valence-corrected chi connectivity index (χ0v) is 8.86. The number of ether oxygens (including phenoxy) is 1. The number of carbonyl (C=O) groups excluding carboxylic acids is 1. The molecule has 2 rings (SSSR count). The molecule has 0 aliphatic carbocycles. The van der Waals surface area contributed by atoms with Crippen LogP contribution < -0.4 is 0 Å². The number of nitrogens with zero attached hydrogens (tertiary/aromatic N) is 1. The van der Waals surface area contributed by atoms with Gasteiger partial charge in [-0.15, -0.1) is 0 Å². The van der Waals surface area contributed by atoms with Crippen molar-refractivity contribution in [3.8, 4) is 0 Å². The summed E-state index contributed by atoms with van der Waals surface area (Å²) in [7, 11) is 1.74. The van der Waals surface area contributed by atoms with Crippen LogP contribution in [0, 0.1) is 5.41 Å². The first-order valence-corrected chi connectivity index (χ1v) is 4.99. The minimum absolute atomic E-state index is 0.0428. The van der Waals surface area contributed by atoms with Crippen LogP contribution in [0.5, 0.6) is 0 Å². The van der Waals surface area contributed by atoms with E-state index in [0.717, 1.165) is 6.42 Å². The van der Waals surface area contributed by atoms with Gasteiger partial charge in [-0.1, -0.05) is 13.8 Å². The lowest BCUT2D eigenvalue weighted by Gasteiger charge is -2.39. The Kier molecular flexibility index (Phi) is 2.08. The Morgan fingerprint density at radius 3 is 2.86 bits per heavy atom. The molecule has 4 heteroatoms. The van der Waals surface area contributed by atoms with Crippen LogP contribution in [0.3, 0.4) is 0 Å². The Hall–Kier alpha value is -0.610. The molecule has 2 saturated heterocycles. The van der Waals surface area contributed by atoms with Gasteiger partial charge in [0.15, 0.2) is 6.10 Å². The van der Waals surface area contributed by atoms with Gasteiger partial charge < -0.3 is 14.7 Å². The molecular formula is C10H17NO3. The Morgan fingerprint density at radius 2 is 2.21 bits per heavy atom. The van der Waals surface area contributed by atoms with Crippen LogP contribution in [0.4, 0.5) is 0 Å². The van der Waals surface area contributed by atoms with E-state index in [1.807, 2.05) is 0 Å². The number of carbonyl (C=O) groups is 1. The zero-order valence-electron chi connectivity index (χ0n) is 8.86. The lowest BCUT2D eigenvalue weighted by molar-refractivity contribution is -0.136. The van der Waals surface area contributed by atoms with Gasteiger partial charge in [-0.05, 0) is 11.8 Å². The maximum absolute atomic E-state index is 11.5. The van der Waals surface area contributed by atoms with E-state index in [1.54, 1.807) is 11.9 Å². The van der Waals surface area contributed by atoms with Crippen molar-refractivity contribution in [1.82, 2.24) is 4.90 Å². The maximum atomic E-state index is 11.5. The fraction of sp³-hybridized carbons (Fsp3) is 0.900. The van der Waals surface area contributed by atoms with Gasteiger partial charge in [-0.2, -0.15) is 0 Å². The van der Waals surface area contributed by atoms with Crippen molar-refractivity contribution in [3.05, 3.63) is 0 Å². The molecule has 0 aromatic rings. The Bertz CT molecular complexity index is 264. The quantitative estimate of drug-likeness (QED) is 0.597. The van der Waals surface area contributed by atoms with Crippen LogP contribution in [-0.4, -0.2) is 47.8 Å². The largest absolute Gasteiger partial charge is 0.380 e. The van der Waals surface area contributed by atoms with Crippen molar-refractivity contribution in [2.24, 2.45) is 5.41 Å². The summed E-state index contributed by atoms with van der Waals surface area (Å²) in [6.07, 6.45) is -0.377. The first kappa shape index (κ1) is 9.93. The van der Waals surface area contributed by atoms with Crippen molar-refractivity contribution < 1.29 is 14.6 Å². The second-order valence-corrected chi connectivity index (χ2v) is 5.11. The van der Waals surface area contributed by atoms with Crippen LogP contribution in [-0.2, 0) is 9.53 Å². The van der Waals surface area contributed by atoms with Gasteiger partial charge in [-0.3, -0.25) is 4.79 Å². The monoisotopic (exact) mass is 199 g/mol. The molecule has 4 nitrogen and oxygen atoms in total. The molecule has 0 aromatic heterocycles. The molecule has 14 heavy (non-hydrogen) atoms. The van der Waals surface area contributed by atoms with Gasteiger partial charge in [0.05, 0.1) is 12.6 Å². The summed E-state index contributed by atoms with van der Waals surface area (Å²) in [5.74, 6) is -0.210. The number of hydrogen-bond acceptors (Lipinski definition) is 3. The Morgan fingerprint density at radius 1 is 1.57 bits per heavy atom. The van der Waals surface area contributed by atoms with Gasteiger partial charge in [0, 0.05) is 7.05 Å². The van der Waals surface area contributed by atoms with Crippen LogP contribution in [0.2, 0.25) is 0 Å². The highest BCUT2D eigenvalue weighted by atomic mass is 16.5. The molecule has 2 heterocycles. The highest BCUT2D eigenvalue weighted by Crippen LogP contribution is 2.37. The van der Waals surface area contributed by atoms with Crippen LogP contribution >= 0.6 is 0 Å². The van der Waals surface area contributed by atoms with Crippen molar-refractivity contribution in [3.63, 3.8) is 0 Å². The summed E-state index contributed by atoms with van der Waals surface area (Å²) in [6, 6.07) is 0.0428. The van der Waals surface area contributed by atoms with Crippen LogP contribution in [0.15, 0.2) is 0 Å². The summed E-state index contributed by atoms with van der Waals surface area (Å²) in [5, 5.41) is 9.62. The lowest BCUT2D eigenvalue weighted by atomic mass is 9.82. The van der Waals surface area contributed by atoms with E-state index in [9.17, 15) is 9.90 Å². The van der Waals surface area contributed by atoms with E-state index >= 15 is 0 Å². The van der Waals surface area contributed by atoms with E-state index in [4.69, 9.17) is 4.74 Å². The number of aliphatic hydroxyl groups excluding tert-OH is 1. The molecule has 2 aliphatic rings. The average Bonchev–Trinajstić information content (AvgIpc) is 2.30. The number of hydrogen-bond donors (Lipinski definition) is 1. The number of likely N-dealkylation sites (tertiary alicyclic amines) is 1. The molecule has 0 unspecified atom stereocenters. The van der Waals surface area contributed by atoms with Crippen molar-refractivity contribution in [1.29, 1.82) is 0 Å². The third-order valence-electron chi connectivity index (χ3n) is 3.22. The lowest BCUT2D eigenvalue weighted by Crippen LogP contribution is -2.46. The van der Waals surface area contributed by atoms with Crippen LogP contribution in [0.1, 0.15) is 20.3 Å². The van der Waals surface area contributed by atoms with E-state index < -0.39 is 6.10 Å². The zero-order chi connectivity index (χ0) is 10.5. The standard InChI is InChI=1S/C10H17NO3/c1-10(2)4-6-8(14-5-10)7(12)9(13)11(6)3/h6-8,12H,4-5H2,1-3H3/t6-,7-,8+/m0/s1. The van der Waals surface area contributed by atoms with Crippen molar-refractivity contribution >= 4 is 5.91 Å². The minimum Gasteiger partial charge on any atom is -0.380 e. The average molecular weight is 199 g/mol. The molecule has 0 aromatic carbocycles. The highest BCUT2D eigenvalue weighted by Gasteiger charge is 2.50. The second kappa shape index (κ2) is 2.94. The van der Waals surface area contributed by atoms with E-state index in [2.05, 4.69) is 13.8 Å². The molecule has 0 bridgehead atoms. The van der Waals surface area contributed by atoms with Gasteiger partial charge >= 0.3 is 0 Å². The Labute approximate surface area is 83.8 Å². The van der Waals surface area contributed by atoms with Gasteiger partial charge in [-0.25, -0.2) is 0 Å².